The average Bonchev–Trinajstić information content (AvgIpc) is 2.26. The maximum atomic E-state index is 11.0. The predicted octanol–water partition coefficient (Wildman–Crippen LogP) is 0.540. The van der Waals surface area contributed by atoms with Crippen LogP contribution in [0.15, 0.2) is 11.8 Å². The van der Waals surface area contributed by atoms with Crippen molar-refractivity contribution in [3.05, 3.63) is 11.8 Å². The highest BCUT2D eigenvalue weighted by molar-refractivity contribution is 5.82. The van der Waals surface area contributed by atoms with Gasteiger partial charge in [-0.15, -0.1) is 0 Å². The van der Waals surface area contributed by atoms with Crippen LogP contribution in [0.2, 0.25) is 0 Å². The van der Waals surface area contributed by atoms with Gasteiger partial charge in [0.2, 0.25) is 0 Å². The van der Waals surface area contributed by atoms with Crippen LogP contribution in [0.5, 0.6) is 0 Å². The molecule has 0 aliphatic heterocycles. The van der Waals surface area contributed by atoms with Crippen molar-refractivity contribution in [1.29, 1.82) is 0 Å². The van der Waals surface area contributed by atoms with E-state index in [2.05, 4.69) is 4.74 Å². The molecule has 0 heterocycles. The molecule has 0 saturated carbocycles. The minimum Gasteiger partial charge on any atom is -0.500 e. The number of hydrogen-bond donors (Lipinski definition) is 0. The number of rotatable bonds is 6. The molecule has 5 heteroatoms. The third kappa shape index (κ3) is 4.12. The Balaban J connectivity index is 4.72. The quantitative estimate of drug-likeness (QED) is 0.280. The van der Waals surface area contributed by atoms with Crippen LogP contribution in [-0.2, 0) is 23.8 Å². The summed E-state index contributed by atoms with van der Waals surface area (Å²) < 4.78 is 14.4. The number of methoxy groups -OCH3 is 3. The largest absolute Gasteiger partial charge is 0.500 e. The Bertz CT molecular complexity index is 246. The summed E-state index contributed by atoms with van der Waals surface area (Å²) in [5.41, 5.74) is 0. The van der Waals surface area contributed by atoms with Crippen LogP contribution in [0.4, 0.5) is 0 Å². The molecule has 5 nitrogen and oxygen atoms in total. The van der Waals surface area contributed by atoms with Gasteiger partial charge in [0.15, 0.2) is 0 Å². The molecule has 0 spiro atoms. The molecule has 86 valence electrons. The molecule has 0 radical (unpaired) electrons. The van der Waals surface area contributed by atoms with Gasteiger partial charge in [-0.05, 0) is 0 Å². The SMILES string of the molecule is COC(=O)/C=C(/OC)[C@@H](C)[C@@H](C=O)OC. The molecule has 0 aromatic heterocycles. The van der Waals surface area contributed by atoms with E-state index >= 15 is 0 Å². The fourth-order valence-corrected chi connectivity index (χ4v) is 1.09. The molecule has 2 atom stereocenters. The summed E-state index contributed by atoms with van der Waals surface area (Å²) in [6, 6.07) is 0. The van der Waals surface area contributed by atoms with Gasteiger partial charge in [0, 0.05) is 13.0 Å². The van der Waals surface area contributed by atoms with Crippen LogP contribution in [0.3, 0.4) is 0 Å². The van der Waals surface area contributed by atoms with Crippen LogP contribution < -0.4 is 0 Å². The third-order valence-electron chi connectivity index (χ3n) is 2.04. The van der Waals surface area contributed by atoms with Crippen LogP contribution in [0.25, 0.3) is 0 Å². The van der Waals surface area contributed by atoms with Crippen molar-refractivity contribution in [3.63, 3.8) is 0 Å². The van der Waals surface area contributed by atoms with E-state index in [4.69, 9.17) is 9.47 Å². The van der Waals surface area contributed by atoms with E-state index in [1.165, 1.54) is 27.4 Å². The molecule has 0 N–H and O–H groups in total. The van der Waals surface area contributed by atoms with E-state index in [-0.39, 0.29) is 5.92 Å². The topological polar surface area (TPSA) is 61.8 Å². The first-order chi connectivity index (χ1) is 7.10. The zero-order valence-corrected chi connectivity index (χ0v) is 9.35. The van der Waals surface area contributed by atoms with E-state index in [0.717, 1.165) is 0 Å². The van der Waals surface area contributed by atoms with Crippen molar-refractivity contribution >= 4 is 12.3 Å². The zero-order chi connectivity index (χ0) is 11.8. The van der Waals surface area contributed by atoms with Gasteiger partial charge in [-0.3, -0.25) is 0 Å². The molecule has 0 saturated heterocycles. The Kier molecular flexibility index (Phi) is 6.37. The first-order valence-corrected chi connectivity index (χ1v) is 4.42. The van der Waals surface area contributed by atoms with Crippen LogP contribution in [0.1, 0.15) is 6.92 Å². The second-order valence-corrected chi connectivity index (χ2v) is 2.90. The smallest absolute Gasteiger partial charge is 0.333 e. The summed E-state index contributed by atoms with van der Waals surface area (Å²) in [6.07, 6.45) is 1.22. The van der Waals surface area contributed by atoms with E-state index in [9.17, 15) is 9.59 Å². The van der Waals surface area contributed by atoms with E-state index in [1.54, 1.807) is 6.92 Å². The second-order valence-electron chi connectivity index (χ2n) is 2.90. The summed E-state index contributed by atoms with van der Waals surface area (Å²) in [5, 5.41) is 0. The van der Waals surface area contributed by atoms with Crippen molar-refractivity contribution in [2.75, 3.05) is 21.3 Å². The van der Waals surface area contributed by atoms with Gasteiger partial charge in [-0.2, -0.15) is 0 Å². The Hall–Kier alpha value is -1.36. The number of aldehydes is 1. The van der Waals surface area contributed by atoms with Crippen molar-refractivity contribution < 1.29 is 23.8 Å². The molecule has 0 aliphatic carbocycles. The molecule has 0 bridgehead atoms. The van der Waals surface area contributed by atoms with Crippen LogP contribution in [-0.4, -0.2) is 39.7 Å². The van der Waals surface area contributed by atoms with Gasteiger partial charge in [-0.25, -0.2) is 4.79 Å². The minimum atomic E-state index is -0.638. The van der Waals surface area contributed by atoms with E-state index < -0.39 is 12.1 Å². The zero-order valence-electron chi connectivity index (χ0n) is 9.35. The molecular weight excluding hydrogens is 200 g/mol. The van der Waals surface area contributed by atoms with Crippen molar-refractivity contribution in [2.45, 2.75) is 13.0 Å². The standard InChI is InChI=1S/C10H16O5/c1-7(9(6-11)14-3)8(13-2)5-10(12)15-4/h5-7,9H,1-4H3/b8-5+/t7-,9-/m1/s1. The van der Waals surface area contributed by atoms with Crippen molar-refractivity contribution in [1.82, 2.24) is 0 Å². The van der Waals surface area contributed by atoms with Crippen LogP contribution >= 0.6 is 0 Å². The summed E-state index contributed by atoms with van der Waals surface area (Å²) in [6.45, 7) is 1.72. The second kappa shape index (κ2) is 7.00. The van der Waals surface area contributed by atoms with Gasteiger partial charge in [0.25, 0.3) is 0 Å². The lowest BCUT2D eigenvalue weighted by atomic mass is 10.0. The van der Waals surface area contributed by atoms with Gasteiger partial charge in [0.1, 0.15) is 18.1 Å². The molecule has 0 unspecified atom stereocenters. The summed E-state index contributed by atoms with van der Waals surface area (Å²) in [5.74, 6) is -0.517. The Morgan fingerprint density at radius 1 is 1.20 bits per heavy atom. The monoisotopic (exact) mass is 216 g/mol. The lowest BCUT2D eigenvalue weighted by Gasteiger charge is -2.19. The fraction of sp³-hybridized carbons (Fsp3) is 0.600. The number of hydrogen-bond acceptors (Lipinski definition) is 5. The Morgan fingerprint density at radius 2 is 1.80 bits per heavy atom. The lowest BCUT2D eigenvalue weighted by molar-refractivity contribution is -0.135. The summed E-state index contributed by atoms with van der Waals surface area (Å²) in [7, 11) is 4.11. The molecule has 0 aliphatic rings. The molecule has 0 fully saturated rings. The van der Waals surface area contributed by atoms with Gasteiger partial charge >= 0.3 is 5.97 Å². The van der Waals surface area contributed by atoms with E-state index in [0.29, 0.717) is 12.0 Å². The number of ether oxygens (including phenoxy) is 3. The van der Waals surface area contributed by atoms with Crippen LogP contribution in [0, 0.1) is 5.92 Å². The summed E-state index contributed by atoms with van der Waals surface area (Å²) >= 11 is 0. The lowest BCUT2D eigenvalue weighted by Crippen LogP contribution is -2.24. The first kappa shape index (κ1) is 13.6. The van der Waals surface area contributed by atoms with E-state index in [1.807, 2.05) is 0 Å². The Labute approximate surface area is 89.0 Å². The first-order valence-electron chi connectivity index (χ1n) is 4.42. The molecule has 0 aromatic carbocycles. The van der Waals surface area contributed by atoms with Gasteiger partial charge < -0.3 is 19.0 Å². The van der Waals surface area contributed by atoms with Gasteiger partial charge in [0.05, 0.1) is 20.3 Å². The van der Waals surface area contributed by atoms with Gasteiger partial charge in [-0.1, -0.05) is 6.92 Å². The fourth-order valence-electron chi connectivity index (χ4n) is 1.09. The number of carbonyl (C=O) groups is 2. The molecule has 0 amide bonds. The summed E-state index contributed by atoms with van der Waals surface area (Å²) in [4.78, 5) is 21.6. The molecule has 0 rings (SSSR count). The molecule has 0 aromatic rings. The molecule has 15 heavy (non-hydrogen) atoms. The van der Waals surface area contributed by atoms with Crippen molar-refractivity contribution in [2.24, 2.45) is 5.92 Å². The number of esters is 1. The number of carbonyl (C=O) groups excluding carboxylic acids is 2. The Morgan fingerprint density at radius 3 is 2.13 bits per heavy atom. The minimum absolute atomic E-state index is 0.336. The average molecular weight is 216 g/mol. The highest BCUT2D eigenvalue weighted by atomic mass is 16.5. The third-order valence-corrected chi connectivity index (χ3v) is 2.04. The highest BCUT2D eigenvalue weighted by Gasteiger charge is 2.21. The normalized spacial score (nSPS) is 15.3. The predicted molar refractivity (Wildman–Crippen MR) is 53.1 cm³/mol. The highest BCUT2D eigenvalue weighted by Crippen LogP contribution is 2.16. The van der Waals surface area contributed by atoms with Crippen molar-refractivity contribution in [3.8, 4) is 0 Å². The molecular formula is C10H16O5. The maximum absolute atomic E-state index is 11.0. The maximum Gasteiger partial charge on any atom is 0.333 e.